The summed E-state index contributed by atoms with van der Waals surface area (Å²) in [7, 11) is 0. The van der Waals surface area contributed by atoms with E-state index in [1.165, 1.54) is 6.20 Å². The molecule has 1 amide bonds. The third kappa shape index (κ3) is 2.85. The van der Waals surface area contributed by atoms with Crippen LogP contribution in [0, 0.1) is 9.49 Å². The molecule has 0 radical (unpaired) electrons. The maximum atomic E-state index is 11.9. The highest BCUT2D eigenvalue weighted by molar-refractivity contribution is 14.1. The lowest BCUT2D eigenvalue weighted by Crippen LogP contribution is -2.26. The van der Waals surface area contributed by atoms with Crippen LogP contribution in [-0.2, 0) is 4.79 Å². The molecule has 6 nitrogen and oxygen atoms in total. The van der Waals surface area contributed by atoms with Gasteiger partial charge in [0, 0.05) is 30.6 Å². The number of azide groups is 1. The summed E-state index contributed by atoms with van der Waals surface area (Å²) >= 11 is 7.93. The lowest BCUT2D eigenvalue weighted by molar-refractivity contribution is -0.117. The van der Waals surface area contributed by atoms with E-state index < -0.39 is 0 Å². The molecular formula is C10H9ClIN5O. The second kappa shape index (κ2) is 5.73. The number of pyridine rings is 1. The van der Waals surface area contributed by atoms with Gasteiger partial charge in [0.1, 0.15) is 5.82 Å². The number of amides is 1. The third-order valence-electron chi connectivity index (χ3n) is 2.65. The Balaban J connectivity index is 2.18. The molecule has 8 heteroatoms. The summed E-state index contributed by atoms with van der Waals surface area (Å²) in [5, 5.41) is 4.05. The van der Waals surface area contributed by atoms with Gasteiger partial charge in [-0.2, -0.15) is 0 Å². The fourth-order valence-corrected chi connectivity index (χ4v) is 2.97. The van der Waals surface area contributed by atoms with E-state index in [2.05, 4.69) is 37.6 Å². The van der Waals surface area contributed by atoms with Gasteiger partial charge in [0.2, 0.25) is 5.91 Å². The fourth-order valence-electron chi connectivity index (χ4n) is 1.87. The number of hydrogen-bond acceptors (Lipinski definition) is 3. The molecule has 1 aromatic rings. The van der Waals surface area contributed by atoms with E-state index in [1.54, 1.807) is 11.0 Å². The number of rotatable bonds is 3. The molecule has 0 N–H and O–H groups in total. The molecule has 0 saturated carbocycles. The Hall–Kier alpha value is -1.05. The zero-order valence-corrected chi connectivity index (χ0v) is 12.2. The number of aromatic nitrogens is 1. The molecule has 1 atom stereocenters. The normalized spacial score (nSPS) is 18.9. The quantitative estimate of drug-likeness (QED) is 0.351. The van der Waals surface area contributed by atoms with Gasteiger partial charge in [0.05, 0.1) is 8.59 Å². The predicted octanol–water partition coefficient (Wildman–Crippen LogP) is 3.00. The first-order valence-electron chi connectivity index (χ1n) is 5.24. The van der Waals surface area contributed by atoms with E-state index in [-0.39, 0.29) is 11.8 Å². The number of carbonyl (C=O) groups is 1. The lowest BCUT2D eigenvalue weighted by Gasteiger charge is -2.16. The molecule has 0 bridgehead atoms. The van der Waals surface area contributed by atoms with Crippen LogP contribution in [0.3, 0.4) is 0 Å². The Morgan fingerprint density at radius 2 is 2.50 bits per heavy atom. The Labute approximate surface area is 122 Å². The second-order valence-corrected chi connectivity index (χ2v) is 5.55. The van der Waals surface area contributed by atoms with E-state index in [4.69, 9.17) is 17.1 Å². The third-order valence-corrected chi connectivity index (χ3v) is 3.65. The minimum atomic E-state index is 0.000813. The Bertz CT molecular complexity index is 531. The van der Waals surface area contributed by atoms with E-state index in [1.807, 2.05) is 0 Å². The molecule has 1 unspecified atom stereocenters. The van der Waals surface area contributed by atoms with Crippen LogP contribution in [-0.4, -0.2) is 24.0 Å². The molecular weight excluding hydrogens is 369 g/mol. The molecule has 2 heterocycles. The van der Waals surface area contributed by atoms with Crippen LogP contribution in [0.25, 0.3) is 10.4 Å². The highest BCUT2D eigenvalue weighted by Crippen LogP contribution is 2.28. The van der Waals surface area contributed by atoms with Gasteiger partial charge in [-0.05, 0) is 40.1 Å². The van der Waals surface area contributed by atoms with Crippen molar-refractivity contribution in [3.05, 3.63) is 31.3 Å². The first kappa shape index (κ1) is 13.4. The predicted molar refractivity (Wildman–Crippen MR) is 76.4 cm³/mol. The second-order valence-electron chi connectivity index (χ2n) is 3.95. The number of carbonyl (C=O) groups excluding carboxylic acids is 1. The monoisotopic (exact) mass is 377 g/mol. The molecule has 1 aliphatic rings. The van der Waals surface area contributed by atoms with Crippen LogP contribution in [0.15, 0.2) is 17.4 Å². The van der Waals surface area contributed by atoms with Gasteiger partial charge in [-0.25, -0.2) is 4.98 Å². The Kier molecular flexibility index (Phi) is 4.26. The van der Waals surface area contributed by atoms with Gasteiger partial charge in [-0.3, -0.25) is 9.69 Å². The van der Waals surface area contributed by atoms with Gasteiger partial charge < -0.3 is 0 Å². The molecule has 0 aromatic carbocycles. The summed E-state index contributed by atoms with van der Waals surface area (Å²) in [4.78, 5) is 20.4. The molecule has 0 spiro atoms. The Morgan fingerprint density at radius 3 is 3.17 bits per heavy atom. The van der Waals surface area contributed by atoms with Crippen molar-refractivity contribution in [2.24, 2.45) is 11.0 Å². The topological polar surface area (TPSA) is 82.0 Å². The van der Waals surface area contributed by atoms with Crippen molar-refractivity contribution in [1.82, 2.24) is 4.98 Å². The molecule has 94 valence electrons. The van der Waals surface area contributed by atoms with E-state index in [9.17, 15) is 4.79 Å². The largest absolute Gasteiger partial charge is 0.296 e. The smallest absolute Gasteiger partial charge is 0.228 e. The minimum absolute atomic E-state index is 0.000813. The lowest BCUT2D eigenvalue weighted by atomic mass is 10.1. The summed E-state index contributed by atoms with van der Waals surface area (Å²) in [6.45, 7) is 0.866. The van der Waals surface area contributed by atoms with Gasteiger partial charge >= 0.3 is 0 Å². The summed E-state index contributed by atoms with van der Waals surface area (Å²) in [5.74, 6) is 0.677. The molecule has 1 saturated heterocycles. The average Bonchev–Trinajstić information content (AvgIpc) is 2.68. The molecule has 0 aliphatic carbocycles. The maximum absolute atomic E-state index is 11.9. The van der Waals surface area contributed by atoms with Gasteiger partial charge in [0.15, 0.2) is 0 Å². The zero-order chi connectivity index (χ0) is 13.1. The van der Waals surface area contributed by atoms with Crippen molar-refractivity contribution in [2.45, 2.75) is 6.42 Å². The number of hydrogen-bond donors (Lipinski definition) is 0. The zero-order valence-electron chi connectivity index (χ0n) is 9.25. The van der Waals surface area contributed by atoms with Crippen molar-refractivity contribution in [2.75, 3.05) is 18.0 Å². The van der Waals surface area contributed by atoms with Gasteiger partial charge in [0.25, 0.3) is 0 Å². The van der Waals surface area contributed by atoms with E-state index in [0.717, 1.165) is 3.57 Å². The first-order valence-corrected chi connectivity index (χ1v) is 6.69. The van der Waals surface area contributed by atoms with Gasteiger partial charge in [-0.1, -0.05) is 16.7 Å². The average molecular weight is 378 g/mol. The van der Waals surface area contributed by atoms with Crippen molar-refractivity contribution < 1.29 is 4.79 Å². The fraction of sp³-hybridized carbons (Fsp3) is 0.400. The van der Waals surface area contributed by atoms with Crippen molar-refractivity contribution in [3.63, 3.8) is 0 Å². The van der Waals surface area contributed by atoms with Crippen LogP contribution in [0.5, 0.6) is 0 Å². The van der Waals surface area contributed by atoms with Crippen LogP contribution in [0.2, 0.25) is 5.02 Å². The number of nitrogens with zero attached hydrogens (tertiary/aromatic N) is 5. The van der Waals surface area contributed by atoms with Crippen LogP contribution < -0.4 is 4.90 Å². The summed E-state index contributed by atoms with van der Waals surface area (Å²) < 4.78 is 0.831. The highest BCUT2D eigenvalue weighted by Gasteiger charge is 2.31. The molecule has 2 rings (SSSR count). The summed E-state index contributed by atoms with van der Waals surface area (Å²) in [6.07, 6.45) is 1.91. The van der Waals surface area contributed by atoms with Crippen LogP contribution in [0.4, 0.5) is 5.82 Å². The highest BCUT2D eigenvalue weighted by atomic mass is 127. The molecule has 1 aliphatic heterocycles. The van der Waals surface area contributed by atoms with Crippen molar-refractivity contribution >= 4 is 45.9 Å². The maximum Gasteiger partial charge on any atom is 0.228 e. The SMILES string of the molecule is [N-]=[N+]=NCC1CC(=O)N(c2ncc(Cl)cc2I)C1. The summed E-state index contributed by atoms with van der Waals surface area (Å²) in [5.41, 5.74) is 8.28. The van der Waals surface area contributed by atoms with Crippen LogP contribution in [0.1, 0.15) is 6.42 Å². The Morgan fingerprint density at radius 1 is 1.72 bits per heavy atom. The van der Waals surface area contributed by atoms with E-state index >= 15 is 0 Å². The first-order chi connectivity index (χ1) is 8.61. The summed E-state index contributed by atoms with van der Waals surface area (Å²) in [6, 6.07) is 1.76. The molecule has 1 fully saturated rings. The standard InChI is InChI=1S/C10H9ClIN5O/c11-7-2-8(12)10(14-4-7)17-5-6(1-9(17)18)3-15-16-13/h2,4,6H,1,3,5H2. The molecule has 18 heavy (non-hydrogen) atoms. The minimum Gasteiger partial charge on any atom is -0.296 e. The molecule has 1 aromatic heterocycles. The number of anilines is 1. The van der Waals surface area contributed by atoms with E-state index in [0.29, 0.717) is 30.4 Å². The van der Waals surface area contributed by atoms with Gasteiger partial charge in [-0.15, -0.1) is 0 Å². The number of halogens is 2. The van der Waals surface area contributed by atoms with Crippen molar-refractivity contribution in [3.8, 4) is 0 Å². The van der Waals surface area contributed by atoms with Crippen molar-refractivity contribution in [1.29, 1.82) is 0 Å². The van der Waals surface area contributed by atoms with Crippen LogP contribution >= 0.6 is 34.2 Å².